The van der Waals surface area contributed by atoms with Crippen molar-refractivity contribution in [3.05, 3.63) is 42.0 Å². The van der Waals surface area contributed by atoms with E-state index in [4.69, 9.17) is 10.5 Å². The Kier molecular flexibility index (Phi) is 3.20. The highest BCUT2D eigenvalue weighted by molar-refractivity contribution is 6.06. The van der Waals surface area contributed by atoms with Crippen molar-refractivity contribution < 1.29 is 9.53 Å². The molecule has 0 aromatic heterocycles. The maximum atomic E-state index is 12.2. The quantitative estimate of drug-likeness (QED) is 0.866. The molecule has 5 nitrogen and oxygen atoms in total. The second-order valence-corrected chi connectivity index (χ2v) is 5.42. The molecular weight excluding hydrogens is 266 g/mol. The average Bonchev–Trinajstić information content (AvgIpc) is 2.72. The zero-order chi connectivity index (χ0) is 15.0. The molecule has 1 aliphatic carbocycles. The molecule has 110 valence electrons. The lowest BCUT2D eigenvalue weighted by atomic mass is 9.75. The monoisotopic (exact) mass is 285 g/mol. The van der Waals surface area contributed by atoms with Gasteiger partial charge in [0.1, 0.15) is 17.1 Å². The Morgan fingerprint density at radius 3 is 3.10 bits per heavy atom. The highest BCUT2D eigenvalue weighted by Crippen LogP contribution is 2.44. The van der Waals surface area contributed by atoms with Gasteiger partial charge in [-0.2, -0.15) is 4.99 Å². The van der Waals surface area contributed by atoms with Gasteiger partial charge in [-0.05, 0) is 42.5 Å². The molecular formula is C16H19N3O2. The van der Waals surface area contributed by atoms with Gasteiger partial charge in [0.2, 0.25) is 0 Å². The number of amidine groups is 1. The van der Waals surface area contributed by atoms with E-state index in [0.29, 0.717) is 12.4 Å². The van der Waals surface area contributed by atoms with Gasteiger partial charge < -0.3 is 15.4 Å². The summed E-state index contributed by atoms with van der Waals surface area (Å²) in [6, 6.07) is 5.66. The molecule has 0 radical (unpaired) electrons. The summed E-state index contributed by atoms with van der Waals surface area (Å²) in [5.41, 5.74) is 7.77. The Bertz CT molecular complexity index is 638. The molecule has 1 unspecified atom stereocenters. The minimum atomic E-state index is -0.620. The Morgan fingerprint density at radius 1 is 1.57 bits per heavy atom. The number of methoxy groups -OCH3 is 1. The first-order chi connectivity index (χ1) is 10.1. The molecule has 21 heavy (non-hydrogen) atoms. The third kappa shape index (κ3) is 1.84. The Labute approximate surface area is 124 Å². The molecule has 3 rings (SSSR count). The lowest BCUT2D eigenvalue weighted by Crippen LogP contribution is -2.53. The molecule has 0 bridgehead atoms. The number of aryl methyl sites for hydroxylation is 1. The summed E-state index contributed by atoms with van der Waals surface area (Å²) in [4.78, 5) is 17.9. The van der Waals surface area contributed by atoms with Crippen molar-refractivity contribution in [2.24, 2.45) is 10.7 Å². The zero-order valence-corrected chi connectivity index (χ0v) is 12.1. The fraction of sp³-hybridized carbons (Fsp3) is 0.375. The second kappa shape index (κ2) is 4.91. The molecule has 1 aliphatic heterocycles. The smallest absolute Gasteiger partial charge is 0.346 e. The van der Waals surface area contributed by atoms with Crippen LogP contribution in [-0.4, -0.2) is 30.4 Å². The Balaban J connectivity index is 2.16. The van der Waals surface area contributed by atoms with E-state index in [2.05, 4.69) is 11.6 Å². The van der Waals surface area contributed by atoms with Gasteiger partial charge in [-0.15, -0.1) is 6.58 Å². The number of ether oxygens (including phenoxy) is 1. The van der Waals surface area contributed by atoms with E-state index in [1.54, 1.807) is 18.1 Å². The van der Waals surface area contributed by atoms with Crippen molar-refractivity contribution in [1.29, 1.82) is 0 Å². The minimum Gasteiger partial charge on any atom is -0.497 e. The first kappa shape index (κ1) is 13.7. The number of urea groups is 1. The van der Waals surface area contributed by atoms with Crippen molar-refractivity contribution in [3.63, 3.8) is 0 Å². The van der Waals surface area contributed by atoms with Crippen molar-refractivity contribution in [2.75, 3.05) is 13.7 Å². The molecule has 1 aromatic carbocycles. The van der Waals surface area contributed by atoms with Crippen LogP contribution in [0.4, 0.5) is 4.79 Å². The summed E-state index contributed by atoms with van der Waals surface area (Å²) in [5.74, 6) is 1.21. The molecule has 1 atom stereocenters. The molecule has 1 aromatic rings. The van der Waals surface area contributed by atoms with Crippen LogP contribution in [0, 0.1) is 0 Å². The van der Waals surface area contributed by atoms with E-state index >= 15 is 0 Å². The van der Waals surface area contributed by atoms with Crippen LogP contribution in [0.1, 0.15) is 24.0 Å². The number of fused-ring (bicyclic) bond motifs is 2. The predicted octanol–water partition coefficient (Wildman–Crippen LogP) is 2.21. The maximum Gasteiger partial charge on any atom is 0.346 e. The zero-order valence-electron chi connectivity index (χ0n) is 12.1. The number of benzene rings is 1. The van der Waals surface area contributed by atoms with Crippen LogP contribution < -0.4 is 10.5 Å². The predicted molar refractivity (Wildman–Crippen MR) is 81.5 cm³/mol. The average molecular weight is 285 g/mol. The van der Waals surface area contributed by atoms with Crippen LogP contribution in [0.15, 0.2) is 35.8 Å². The van der Waals surface area contributed by atoms with Crippen molar-refractivity contribution in [2.45, 2.75) is 24.8 Å². The summed E-state index contributed by atoms with van der Waals surface area (Å²) in [6.07, 6.45) is 4.42. The van der Waals surface area contributed by atoms with Crippen LogP contribution in [0.2, 0.25) is 0 Å². The molecule has 2 N–H and O–H groups in total. The number of rotatable bonds is 3. The third-order valence-corrected chi connectivity index (χ3v) is 4.39. The number of carbonyl (C=O) groups is 1. The van der Waals surface area contributed by atoms with Crippen LogP contribution in [-0.2, 0) is 12.0 Å². The largest absolute Gasteiger partial charge is 0.497 e. The first-order valence-corrected chi connectivity index (χ1v) is 7.08. The molecule has 0 saturated carbocycles. The number of carbonyl (C=O) groups excluding carboxylic acids is 1. The number of aliphatic imine (C=N–C) groups is 1. The summed E-state index contributed by atoms with van der Waals surface area (Å²) < 4.78 is 5.30. The second-order valence-electron chi connectivity index (χ2n) is 5.42. The Hall–Kier alpha value is -2.30. The molecule has 2 amide bonds. The highest BCUT2D eigenvalue weighted by Gasteiger charge is 2.51. The van der Waals surface area contributed by atoms with E-state index in [-0.39, 0.29) is 6.03 Å². The van der Waals surface area contributed by atoms with E-state index < -0.39 is 5.54 Å². The van der Waals surface area contributed by atoms with Gasteiger partial charge in [0.05, 0.1) is 7.11 Å². The fourth-order valence-electron chi connectivity index (χ4n) is 3.44. The van der Waals surface area contributed by atoms with E-state index in [1.807, 2.05) is 18.2 Å². The molecule has 5 heteroatoms. The SMILES string of the molecule is C=CCN1C(=O)N=C(N)C12CCCc1cc(OC)ccc12. The number of nitrogens with two attached hydrogens (primary N) is 1. The molecule has 1 spiro atoms. The van der Waals surface area contributed by atoms with Crippen LogP contribution in [0.3, 0.4) is 0 Å². The lowest BCUT2D eigenvalue weighted by molar-refractivity contribution is 0.169. The van der Waals surface area contributed by atoms with Gasteiger partial charge in [0.25, 0.3) is 0 Å². The topological polar surface area (TPSA) is 67.9 Å². The normalized spacial score (nSPS) is 24.0. The van der Waals surface area contributed by atoms with Gasteiger partial charge >= 0.3 is 6.03 Å². The molecule has 0 saturated heterocycles. The lowest BCUT2D eigenvalue weighted by Gasteiger charge is -2.42. The van der Waals surface area contributed by atoms with Crippen molar-refractivity contribution >= 4 is 11.9 Å². The number of hydrogen-bond donors (Lipinski definition) is 1. The van der Waals surface area contributed by atoms with Gasteiger partial charge in [-0.25, -0.2) is 4.79 Å². The maximum absolute atomic E-state index is 12.2. The summed E-state index contributed by atoms with van der Waals surface area (Å²) in [7, 11) is 1.65. The van der Waals surface area contributed by atoms with Gasteiger partial charge in [0.15, 0.2) is 0 Å². The van der Waals surface area contributed by atoms with Crippen LogP contribution >= 0.6 is 0 Å². The minimum absolute atomic E-state index is 0.281. The number of nitrogens with zero attached hydrogens (tertiary/aromatic N) is 2. The standard InChI is InChI=1S/C16H19N3O2/c1-3-9-19-15(20)18-14(17)16(19)8-4-5-11-10-12(21-2)6-7-13(11)16/h3,6-7,10H,1,4-5,8-9H2,2H3,(H2,17,18,20). The molecule has 0 fully saturated rings. The summed E-state index contributed by atoms with van der Waals surface area (Å²) in [6.45, 7) is 4.18. The number of hydrogen-bond acceptors (Lipinski definition) is 3. The van der Waals surface area contributed by atoms with Crippen molar-refractivity contribution in [3.8, 4) is 5.75 Å². The fourth-order valence-corrected chi connectivity index (χ4v) is 3.44. The molecule has 2 aliphatic rings. The van der Waals surface area contributed by atoms with E-state index in [1.165, 1.54) is 5.56 Å². The highest BCUT2D eigenvalue weighted by atomic mass is 16.5. The summed E-state index contributed by atoms with van der Waals surface area (Å²) in [5, 5.41) is 0. The van der Waals surface area contributed by atoms with Gasteiger partial charge in [-0.3, -0.25) is 0 Å². The first-order valence-electron chi connectivity index (χ1n) is 7.08. The van der Waals surface area contributed by atoms with Gasteiger partial charge in [0, 0.05) is 6.54 Å². The summed E-state index contributed by atoms with van der Waals surface area (Å²) >= 11 is 0. The Morgan fingerprint density at radius 2 is 2.38 bits per heavy atom. The van der Waals surface area contributed by atoms with Gasteiger partial charge in [-0.1, -0.05) is 12.1 Å². The van der Waals surface area contributed by atoms with E-state index in [0.717, 1.165) is 30.6 Å². The van der Waals surface area contributed by atoms with Crippen LogP contribution in [0.5, 0.6) is 5.75 Å². The van der Waals surface area contributed by atoms with E-state index in [9.17, 15) is 4.79 Å². The third-order valence-electron chi connectivity index (χ3n) is 4.39. The molecule has 1 heterocycles. The van der Waals surface area contributed by atoms with Crippen LogP contribution in [0.25, 0.3) is 0 Å². The van der Waals surface area contributed by atoms with Crippen molar-refractivity contribution in [1.82, 2.24) is 4.90 Å². The number of amides is 2.